The van der Waals surface area contributed by atoms with Gasteiger partial charge in [0.25, 0.3) is 0 Å². The van der Waals surface area contributed by atoms with Gasteiger partial charge in [-0.15, -0.1) is 11.3 Å². The SMILES string of the molecule is OB(O)c1cc2ncccc2s1. The van der Waals surface area contributed by atoms with Gasteiger partial charge >= 0.3 is 7.12 Å². The van der Waals surface area contributed by atoms with E-state index in [-0.39, 0.29) is 0 Å². The molecule has 0 radical (unpaired) electrons. The van der Waals surface area contributed by atoms with Gasteiger partial charge in [-0.25, -0.2) is 0 Å². The summed E-state index contributed by atoms with van der Waals surface area (Å²) >= 11 is 1.34. The van der Waals surface area contributed by atoms with E-state index in [4.69, 9.17) is 10.0 Å². The lowest BCUT2D eigenvalue weighted by Crippen LogP contribution is -2.26. The summed E-state index contributed by atoms with van der Waals surface area (Å²) in [5.41, 5.74) is 0.811. The zero-order valence-electron chi connectivity index (χ0n) is 6.14. The first-order chi connectivity index (χ1) is 5.77. The molecule has 0 saturated heterocycles. The molecule has 0 spiro atoms. The highest BCUT2D eigenvalue weighted by Crippen LogP contribution is 2.15. The molecule has 3 nitrogen and oxygen atoms in total. The summed E-state index contributed by atoms with van der Waals surface area (Å²) in [5, 5.41) is 17.7. The molecule has 0 aliphatic rings. The van der Waals surface area contributed by atoms with Gasteiger partial charge in [-0.3, -0.25) is 4.98 Å². The van der Waals surface area contributed by atoms with E-state index >= 15 is 0 Å². The van der Waals surface area contributed by atoms with Crippen molar-refractivity contribution in [2.24, 2.45) is 0 Å². The van der Waals surface area contributed by atoms with E-state index < -0.39 is 7.12 Å². The Morgan fingerprint density at radius 1 is 1.42 bits per heavy atom. The maximum absolute atomic E-state index is 8.86. The number of hydrogen-bond acceptors (Lipinski definition) is 4. The van der Waals surface area contributed by atoms with E-state index in [0.717, 1.165) is 10.2 Å². The highest BCUT2D eigenvalue weighted by atomic mass is 32.1. The average Bonchev–Trinajstić information content (AvgIpc) is 2.46. The van der Waals surface area contributed by atoms with Crippen molar-refractivity contribution in [3.8, 4) is 0 Å². The van der Waals surface area contributed by atoms with Crippen molar-refractivity contribution < 1.29 is 10.0 Å². The molecular formula is C7H6BNO2S. The van der Waals surface area contributed by atoms with Gasteiger partial charge in [0.05, 0.1) is 10.2 Å². The molecule has 2 rings (SSSR count). The van der Waals surface area contributed by atoms with Gasteiger partial charge in [0.1, 0.15) is 0 Å². The Morgan fingerprint density at radius 2 is 2.25 bits per heavy atom. The number of aromatic nitrogens is 1. The summed E-state index contributed by atoms with van der Waals surface area (Å²) in [7, 11) is -1.39. The van der Waals surface area contributed by atoms with Crippen LogP contribution in [0.4, 0.5) is 0 Å². The van der Waals surface area contributed by atoms with Gasteiger partial charge in [0, 0.05) is 11.0 Å². The van der Waals surface area contributed by atoms with Crippen LogP contribution in [0.15, 0.2) is 24.4 Å². The summed E-state index contributed by atoms with van der Waals surface area (Å²) in [5.74, 6) is 0. The lowest BCUT2D eigenvalue weighted by atomic mass is 9.90. The molecule has 2 aromatic heterocycles. The quantitative estimate of drug-likeness (QED) is 0.604. The van der Waals surface area contributed by atoms with Crippen LogP contribution in [0, 0.1) is 0 Å². The number of fused-ring (bicyclic) bond motifs is 1. The lowest BCUT2D eigenvalue weighted by molar-refractivity contribution is 0.427. The molecule has 2 heterocycles. The van der Waals surface area contributed by atoms with Crippen molar-refractivity contribution in [3.05, 3.63) is 24.4 Å². The van der Waals surface area contributed by atoms with Crippen molar-refractivity contribution in [1.82, 2.24) is 4.98 Å². The van der Waals surface area contributed by atoms with Gasteiger partial charge in [-0.2, -0.15) is 0 Å². The van der Waals surface area contributed by atoms with Crippen molar-refractivity contribution in [2.45, 2.75) is 0 Å². The number of hydrogen-bond donors (Lipinski definition) is 2. The molecule has 0 bridgehead atoms. The predicted octanol–water partition coefficient (Wildman–Crippen LogP) is -0.0239. The molecule has 0 aliphatic heterocycles. The maximum atomic E-state index is 8.86. The predicted molar refractivity (Wildman–Crippen MR) is 49.4 cm³/mol. The zero-order chi connectivity index (χ0) is 8.55. The molecule has 0 fully saturated rings. The fraction of sp³-hybridized carbons (Fsp3) is 0. The van der Waals surface area contributed by atoms with Crippen LogP contribution in [0.3, 0.4) is 0 Å². The van der Waals surface area contributed by atoms with Crippen LogP contribution in [-0.4, -0.2) is 22.2 Å². The Labute approximate surface area is 73.5 Å². The fourth-order valence-corrected chi connectivity index (χ4v) is 1.91. The van der Waals surface area contributed by atoms with Gasteiger partial charge in [0.15, 0.2) is 0 Å². The van der Waals surface area contributed by atoms with E-state index in [2.05, 4.69) is 4.98 Å². The Morgan fingerprint density at radius 3 is 2.92 bits per heavy atom. The first-order valence-electron chi connectivity index (χ1n) is 3.48. The topological polar surface area (TPSA) is 53.4 Å². The number of pyridine rings is 1. The molecule has 12 heavy (non-hydrogen) atoms. The second kappa shape index (κ2) is 2.86. The smallest absolute Gasteiger partial charge is 0.423 e. The Kier molecular flexibility index (Phi) is 1.84. The highest BCUT2D eigenvalue weighted by molar-refractivity contribution is 7.27. The molecule has 0 amide bonds. The summed E-state index contributed by atoms with van der Waals surface area (Å²) in [6.07, 6.45) is 1.68. The third-order valence-corrected chi connectivity index (χ3v) is 2.69. The monoisotopic (exact) mass is 179 g/mol. The third-order valence-electron chi connectivity index (χ3n) is 1.56. The lowest BCUT2D eigenvalue weighted by Gasteiger charge is -1.87. The summed E-state index contributed by atoms with van der Waals surface area (Å²) < 4.78 is 1.50. The molecule has 2 aromatic rings. The van der Waals surface area contributed by atoms with E-state index in [0.29, 0.717) is 4.78 Å². The second-order valence-corrected chi connectivity index (χ2v) is 3.52. The molecule has 0 aliphatic carbocycles. The highest BCUT2D eigenvalue weighted by Gasteiger charge is 2.14. The Bertz CT molecular complexity index is 368. The standard InChI is InChI=1S/C7H6BNO2S/c10-8(11)7-4-5-6(12-7)2-1-3-9-5/h1-4,10-11H. The van der Waals surface area contributed by atoms with E-state index in [9.17, 15) is 0 Å². The molecule has 0 atom stereocenters. The van der Waals surface area contributed by atoms with E-state index in [1.54, 1.807) is 12.3 Å². The minimum atomic E-state index is -1.39. The zero-order valence-corrected chi connectivity index (χ0v) is 6.95. The molecule has 0 aromatic carbocycles. The Balaban J connectivity index is 2.62. The van der Waals surface area contributed by atoms with E-state index in [1.165, 1.54) is 11.3 Å². The number of rotatable bonds is 1. The number of thiophene rings is 1. The third kappa shape index (κ3) is 1.22. The average molecular weight is 179 g/mol. The van der Waals surface area contributed by atoms with Crippen molar-refractivity contribution in [1.29, 1.82) is 0 Å². The molecular weight excluding hydrogens is 173 g/mol. The van der Waals surface area contributed by atoms with Gasteiger partial charge in [-0.1, -0.05) is 0 Å². The number of nitrogens with zero attached hydrogens (tertiary/aromatic N) is 1. The summed E-state index contributed by atoms with van der Waals surface area (Å²) in [4.78, 5) is 4.07. The van der Waals surface area contributed by atoms with Gasteiger partial charge in [0.2, 0.25) is 0 Å². The molecule has 2 N–H and O–H groups in total. The van der Waals surface area contributed by atoms with Crippen molar-refractivity contribution >= 4 is 33.4 Å². The van der Waals surface area contributed by atoms with Crippen LogP contribution in [-0.2, 0) is 0 Å². The largest absolute Gasteiger partial charge is 0.499 e. The molecule has 60 valence electrons. The van der Waals surface area contributed by atoms with Crippen molar-refractivity contribution in [2.75, 3.05) is 0 Å². The normalized spacial score (nSPS) is 10.5. The van der Waals surface area contributed by atoms with Crippen LogP contribution >= 0.6 is 11.3 Å². The van der Waals surface area contributed by atoms with Crippen molar-refractivity contribution in [3.63, 3.8) is 0 Å². The van der Waals surface area contributed by atoms with Crippen LogP contribution in [0.25, 0.3) is 10.2 Å². The fourth-order valence-electron chi connectivity index (χ4n) is 1.02. The Hall–Kier alpha value is -0.905. The van der Waals surface area contributed by atoms with E-state index in [1.807, 2.05) is 12.1 Å². The molecule has 0 unspecified atom stereocenters. The second-order valence-electron chi connectivity index (χ2n) is 2.41. The minimum Gasteiger partial charge on any atom is -0.423 e. The maximum Gasteiger partial charge on any atom is 0.499 e. The molecule has 0 saturated carbocycles. The van der Waals surface area contributed by atoms with Crippen LogP contribution < -0.4 is 4.78 Å². The minimum absolute atomic E-state index is 0.531. The van der Waals surface area contributed by atoms with Crippen LogP contribution in [0.1, 0.15) is 0 Å². The molecule has 5 heteroatoms. The van der Waals surface area contributed by atoms with Crippen LogP contribution in [0.5, 0.6) is 0 Å². The summed E-state index contributed by atoms with van der Waals surface area (Å²) in [6, 6.07) is 5.41. The first kappa shape index (κ1) is 7.73. The summed E-state index contributed by atoms with van der Waals surface area (Å²) in [6.45, 7) is 0. The van der Waals surface area contributed by atoms with Crippen LogP contribution in [0.2, 0.25) is 0 Å². The van der Waals surface area contributed by atoms with Gasteiger partial charge in [-0.05, 0) is 18.2 Å². The first-order valence-corrected chi connectivity index (χ1v) is 4.29. The van der Waals surface area contributed by atoms with Gasteiger partial charge < -0.3 is 10.0 Å².